The van der Waals surface area contributed by atoms with Gasteiger partial charge < -0.3 is 31.6 Å². The number of nitrogens with one attached hydrogen (secondary N) is 2. The van der Waals surface area contributed by atoms with Crippen molar-refractivity contribution in [2.75, 3.05) is 32.1 Å². The molecule has 236 valence electrons. The third-order valence-electron chi connectivity index (χ3n) is 5.92. The Kier molecular flexibility index (Phi) is 19.2. The number of carbonyl (C=O) groups excluding carboxylic acids is 1. The lowest BCUT2D eigenvalue weighted by molar-refractivity contribution is 0.0792. The number of hydrogen-bond acceptors (Lipinski definition) is 7. The number of halogens is 2. The number of pyridine rings is 2. The summed E-state index contributed by atoms with van der Waals surface area (Å²) in [7, 11) is 1.38. The maximum absolute atomic E-state index is 12.7. The number of aliphatic imine (C=N–C) groups is 1. The van der Waals surface area contributed by atoms with Crippen molar-refractivity contribution in [1.82, 2.24) is 15.3 Å². The Balaban J connectivity index is 0.000000679. The number of aromatic nitrogens is 2. The van der Waals surface area contributed by atoms with Crippen molar-refractivity contribution in [3.63, 3.8) is 0 Å². The first-order valence-corrected chi connectivity index (χ1v) is 14.7. The van der Waals surface area contributed by atoms with E-state index in [-0.39, 0.29) is 30.2 Å². The molecule has 0 aliphatic rings. The highest BCUT2D eigenvalue weighted by atomic mass is 19.3. The number of ether oxygens (including phenoxy) is 2. The van der Waals surface area contributed by atoms with E-state index in [4.69, 9.17) is 20.9 Å². The van der Waals surface area contributed by atoms with E-state index >= 15 is 0 Å². The Bertz CT molecular complexity index is 1050. The van der Waals surface area contributed by atoms with E-state index in [0.717, 1.165) is 6.54 Å². The molecule has 10 nitrogen and oxygen atoms in total. The van der Waals surface area contributed by atoms with Crippen LogP contribution in [-0.4, -0.2) is 55.1 Å². The number of hydrogen-bond donors (Lipinski definition) is 4. The van der Waals surface area contributed by atoms with Crippen LogP contribution in [0.2, 0.25) is 0 Å². The molecule has 0 unspecified atom stereocenters. The van der Waals surface area contributed by atoms with Crippen molar-refractivity contribution in [1.29, 1.82) is 0 Å². The molecule has 0 radical (unpaired) electrons. The van der Waals surface area contributed by atoms with Gasteiger partial charge in [0.05, 0.1) is 24.6 Å². The van der Waals surface area contributed by atoms with Gasteiger partial charge in [-0.1, -0.05) is 65.7 Å². The highest BCUT2D eigenvalue weighted by Gasteiger charge is 2.15. The molecule has 0 aromatic carbocycles. The van der Waals surface area contributed by atoms with E-state index in [1.807, 2.05) is 13.8 Å². The molecule has 0 atom stereocenters. The number of anilines is 1. The molecule has 6 N–H and O–H groups in total. The minimum Gasteiger partial charge on any atom is -0.481 e. The van der Waals surface area contributed by atoms with Gasteiger partial charge in [-0.05, 0) is 31.0 Å². The Morgan fingerprint density at radius 1 is 1.07 bits per heavy atom. The summed E-state index contributed by atoms with van der Waals surface area (Å²) in [5, 5.41) is 5.64. The summed E-state index contributed by atoms with van der Waals surface area (Å²) in [6.07, 6.45) is 11.3. The number of alkyl halides is 2. The van der Waals surface area contributed by atoms with Crippen molar-refractivity contribution in [3.8, 4) is 11.8 Å². The van der Waals surface area contributed by atoms with Crippen molar-refractivity contribution >= 4 is 17.6 Å². The van der Waals surface area contributed by atoms with Gasteiger partial charge in [0, 0.05) is 30.9 Å². The fraction of sp³-hybridized carbons (Fsp3) is 0.600. The predicted octanol–water partition coefficient (Wildman–Crippen LogP) is 5.53. The second-order valence-electron chi connectivity index (χ2n) is 10.1. The largest absolute Gasteiger partial charge is 0.481 e. The minimum atomic E-state index is -2.61. The number of carbonyl (C=O) groups is 1. The third-order valence-corrected chi connectivity index (χ3v) is 5.92. The normalized spacial score (nSPS) is 11.2. The van der Waals surface area contributed by atoms with Crippen LogP contribution in [0.15, 0.2) is 35.6 Å². The van der Waals surface area contributed by atoms with Crippen LogP contribution in [0.5, 0.6) is 11.8 Å². The lowest BCUT2D eigenvalue weighted by Gasteiger charge is -2.13. The minimum absolute atomic E-state index is 0.00371. The maximum Gasteiger partial charge on any atom is 0.272 e. The zero-order valence-corrected chi connectivity index (χ0v) is 25.5. The summed E-state index contributed by atoms with van der Waals surface area (Å²) in [4.78, 5) is 24.9. The molecule has 2 aromatic rings. The van der Waals surface area contributed by atoms with Crippen LogP contribution in [0, 0.1) is 5.92 Å². The second kappa shape index (κ2) is 22.1. The van der Waals surface area contributed by atoms with Gasteiger partial charge in [-0.25, -0.2) is 8.78 Å². The van der Waals surface area contributed by atoms with Crippen LogP contribution in [0.1, 0.15) is 88.1 Å². The van der Waals surface area contributed by atoms with Gasteiger partial charge >= 0.3 is 0 Å². The SMILES string of the molecule is CCCCCCCCCCN.COc1nc(OCC(F)F)ccc1CNC(=O)c1ccncc1NC(N)=NCC(C)C. The molecular weight excluding hydrogens is 544 g/mol. The van der Waals surface area contributed by atoms with Crippen LogP contribution in [0.4, 0.5) is 14.5 Å². The monoisotopic (exact) mass is 593 g/mol. The molecule has 0 saturated heterocycles. The number of nitrogens with two attached hydrogens (primary N) is 2. The maximum atomic E-state index is 12.7. The first-order chi connectivity index (χ1) is 20.2. The van der Waals surface area contributed by atoms with Gasteiger partial charge in [0.25, 0.3) is 12.3 Å². The molecule has 0 bridgehead atoms. The molecule has 2 heterocycles. The molecule has 42 heavy (non-hydrogen) atoms. The highest BCUT2D eigenvalue weighted by molar-refractivity contribution is 6.03. The van der Waals surface area contributed by atoms with Gasteiger partial charge in [-0.2, -0.15) is 4.98 Å². The van der Waals surface area contributed by atoms with Crippen molar-refractivity contribution in [2.24, 2.45) is 22.4 Å². The smallest absolute Gasteiger partial charge is 0.272 e. The first-order valence-electron chi connectivity index (χ1n) is 14.7. The average molecular weight is 594 g/mol. The lowest BCUT2D eigenvalue weighted by atomic mass is 10.1. The average Bonchev–Trinajstić information content (AvgIpc) is 2.98. The molecule has 0 aliphatic carbocycles. The fourth-order valence-electron chi connectivity index (χ4n) is 3.69. The van der Waals surface area contributed by atoms with E-state index in [1.54, 1.807) is 12.1 Å². The summed E-state index contributed by atoms with van der Waals surface area (Å²) in [6, 6.07) is 4.55. The Hall–Kier alpha value is -3.54. The van der Waals surface area contributed by atoms with E-state index in [1.165, 1.54) is 76.9 Å². The summed E-state index contributed by atoms with van der Waals surface area (Å²) >= 11 is 0. The molecular formula is C30H49F2N7O3. The zero-order valence-electron chi connectivity index (χ0n) is 25.5. The van der Waals surface area contributed by atoms with Gasteiger partial charge in [-0.3, -0.25) is 14.8 Å². The number of methoxy groups -OCH3 is 1. The highest BCUT2D eigenvalue weighted by Crippen LogP contribution is 2.21. The summed E-state index contributed by atoms with van der Waals surface area (Å²) in [6.45, 7) is 7.02. The summed E-state index contributed by atoms with van der Waals surface area (Å²) in [5.41, 5.74) is 12.5. The number of unbranched alkanes of at least 4 members (excludes halogenated alkanes) is 7. The van der Waals surface area contributed by atoms with Crippen LogP contribution in [0.3, 0.4) is 0 Å². The Labute approximate surface area is 249 Å². The molecule has 0 spiro atoms. The topological polar surface area (TPSA) is 150 Å². The van der Waals surface area contributed by atoms with Crippen molar-refractivity contribution < 1.29 is 23.0 Å². The van der Waals surface area contributed by atoms with Crippen molar-refractivity contribution in [2.45, 2.75) is 85.1 Å². The quantitative estimate of drug-likeness (QED) is 0.100. The zero-order chi connectivity index (χ0) is 31.2. The van der Waals surface area contributed by atoms with E-state index in [2.05, 4.69) is 32.5 Å². The molecule has 0 saturated carbocycles. The number of amides is 1. The third kappa shape index (κ3) is 16.0. The van der Waals surface area contributed by atoms with Gasteiger partial charge in [0.2, 0.25) is 11.8 Å². The van der Waals surface area contributed by atoms with Gasteiger partial charge in [-0.15, -0.1) is 0 Å². The molecule has 0 fully saturated rings. The fourth-order valence-corrected chi connectivity index (χ4v) is 3.69. The summed E-state index contributed by atoms with van der Waals surface area (Å²) in [5.74, 6) is 0.296. The van der Waals surface area contributed by atoms with E-state index in [9.17, 15) is 13.6 Å². The predicted molar refractivity (Wildman–Crippen MR) is 164 cm³/mol. The first kappa shape index (κ1) is 36.5. The summed E-state index contributed by atoms with van der Waals surface area (Å²) < 4.78 is 34.6. The van der Waals surface area contributed by atoms with Crippen LogP contribution in [-0.2, 0) is 6.54 Å². The Morgan fingerprint density at radius 2 is 1.76 bits per heavy atom. The lowest BCUT2D eigenvalue weighted by Crippen LogP contribution is -2.28. The molecule has 2 aromatic heterocycles. The second-order valence-corrected chi connectivity index (χ2v) is 10.1. The van der Waals surface area contributed by atoms with E-state index in [0.29, 0.717) is 29.3 Å². The standard InChI is InChI=1S/C20H26F2N6O3.C10H23N/c1-12(2)8-26-20(23)27-15-10-24-7-6-14(15)18(29)25-9-13-4-5-17(28-19(13)30-3)31-11-16(21)22;1-2-3-4-5-6-7-8-9-10-11/h4-7,10,12,16H,8-9,11H2,1-3H3,(H,25,29)(H3,23,26,27);2-11H2,1H3. The molecule has 2 rings (SSSR count). The molecule has 12 heteroatoms. The van der Waals surface area contributed by atoms with Gasteiger partial charge in [0.1, 0.15) is 0 Å². The van der Waals surface area contributed by atoms with Crippen LogP contribution >= 0.6 is 0 Å². The van der Waals surface area contributed by atoms with E-state index < -0.39 is 13.0 Å². The van der Waals surface area contributed by atoms with Crippen molar-refractivity contribution in [3.05, 3.63) is 41.7 Å². The number of rotatable bonds is 18. The molecule has 1 amide bonds. The van der Waals surface area contributed by atoms with Crippen LogP contribution < -0.4 is 31.6 Å². The number of guanidine groups is 1. The van der Waals surface area contributed by atoms with Gasteiger partial charge in [0.15, 0.2) is 12.6 Å². The van der Waals surface area contributed by atoms with Crippen LogP contribution in [0.25, 0.3) is 0 Å². The molecule has 0 aliphatic heterocycles. The number of nitrogens with zero attached hydrogens (tertiary/aromatic N) is 3. The Morgan fingerprint density at radius 3 is 2.38 bits per heavy atom.